The van der Waals surface area contributed by atoms with Crippen LogP contribution in [-0.4, -0.2) is 58.1 Å². The van der Waals surface area contributed by atoms with Crippen molar-refractivity contribution in [3.8, 4) is 0 Å². The van der Waals surface area contributed by atoms with Gasteiger partial charge in [0.25, 0.3) is 0 Å². The van der Waals surface area contributed by atoms with Gasteiger partial charge in [0.1, 0.15) is 6.04 Å². The summed E-state index contributed by atoms with van der Waals surface area (Å²) in [6, 6.07) is 7.98. The van der Waals surface area contributed by atoms with Crippen molar-refractivity contribution in [2.45, 2.75) is 68.4 Å². The number of aliphatic hydroxyl groups is 1. The van der Waals surface area contributed by atoms with Crippen molar-refractivity contribution in [3.05, 3.63) is 52.8 Å². The summed E-state index contributed by atoms with van der Waals surface area (Å²) in [5, 5.41) is 30.1. The highest BCUT2D eigenvalue weighted by Crippen LogP contribution is 2.33. The molecule has 0 aliphatic carbocycles. The number of fused-ring (bicyclic) bond motifs is 1. The average Bonchev–Trinajstić information content (AvgIpc) is 3.36. The molecule has 4 unspecified atom stereocenters. The number of unbranched alkanes of at least 4 members (excludes halogenated alkanes) is 1. The van der Waals surface area contributed by atoms with Crippen molar-refractivity contribution in [2.24, 2.45) is 0 Å². The number of nitrogens with zero attached hydrogens (tertiary/aromatic N) is 2. The molecule has 0 radical (unpaired) electrons. The molecule has 34 heavy (non-hydrogen) atoms. The van der Waals surface area contributed by atoms with E-state index in [0.29, 0.717) is 24.5 Å². The van der Waals surface area contributed by atoms with Gasteiger partial charge in [-0.3, -0.25) is 9.59 Å². The summed E-state index contributed by atoms with van der Waals surface area (Å²) in [6.45, 7) is 1.55. The normalized spacial score (nSPS) is 23.1. The lowest BCUT2D eigenvalue weighted by Gasteiger charge is -2.21. The van der Waals surface area contributed by atoms with E-state index in [1.807, 2.05) is 42.1 Å². The van der Waals surface area contributed by atoms with E-state index >= 15 is 0 Å². The number of urea groups is 1. The second-order valence-corrected chi connectivity index (χ2v) is 9.85. The number of thioether (sulfide) groups is 1. The Morgan fingerprint density at radius 3 is 2.76 bits per heavy atom. The van der Waals surface area contributed by atoms with Gasteiger partial charge in [0.05, 0.1) is 18.1 Å². The van der Waals surface area contributed by atoms with Gasteiger partial charge in [-0.2, -0.15) is 11.8 Å². The second-order valence-electron chi connectivity index (χ2n) is 8.58. The molecule has 0 saturated carbocycles. The first kappa shape index (κ1) is 25.4. The van der Waals surface area contributed by atoms with E-state index in [-0.39, 0.29) is 29.8 Å². The van der Waals surface area contributed by atoms with Gasteiger partial charge < -0.3 is 26.4 Å². The smallest absolute Gasteiger partial charge is 0.389 e. The molecular weight excluding hydrogens is 456 g/mol. The van der Waals surface area contributed by atoms with Gasteiger partial charge in [0.2, 0.25) is 23.0 Å². The summed E-state index contributed by atoms with van der Waals surface area (Å²) in [5.41, 5.74) is 0.890. The van der Waals surface area contributed by atoms with E-state index in [4.69, 9.17) is 5.39 Å². The lowest BCUT2D eigenvalue weighted by Crippen LogP contribution is -2.50. The summed E-state index contributed by atoms with van der Waals surface area (Å²) in [5.74, 6) is -0.0659. The van der Waals surface area contributed by atoms with Gasteiger partial charge in [-0.1, -0.05) is 36.8 Å². The van der Waals surface area contributed by atoms with Crippen molar-refractivity contribution in [1.82, 2.24) is 21.3 Å². The van der Waals surface area contributed by atoms with Crippen molar-refractivity contribution in [3.63, 3.8) is 0 Å². The van der Waals surface area contributed by atoms with Gasteiger partial charge in [0, 0.05) is 23.8 Å². The predicted octanol–water partition coefficient (Wildman–Crippen LogP) is 2.20. The molecule has 2 aliphatic rings. The molecule has 2 heterocycles. The highest BCUT2D eigenvalue weighted by Gasteiger charge is 2.42. The number of carbonyl (C=O) groups is 3. The highest BCUT2D eigenvalue weighted by atomic mass is 32.2. The SMILES string of the molecule is CC(NC(=O)C(Cc1ccccc1)NC(=O)CCCC[C@@H]1SCC2NC(=O)NC21)/C(O)=C/[N+]#N. The number of hydrogen-bond acceptors (Lipinski definition) is 6. The van der Waals surface area contributed by atoms with E-state index in [2.05, 4.69) is 26.2 Å². The molecule has 0 bridgehead atoms. The number of rotatable bonds is 11. The zero-order chi connectivity index (χ0) is 24.5. The van der Waals surface area contributed by atoms with Crippen molar-refractivity contribution < 1.29 is 19.5 Å². The standard InChI is InChI=1S/C23H30N6O4S/c1-14(18(30)12-25-24)26-22(32)16(11-15-7-3-2-4-8-15)27-20(31)10-6-5-9-19-21-17(13-34-19)28-23(33)29-21/h2-4,7-8,12,14,16-17,19,21H,5-6,9-11,13H2,1H3,(H4-,26,27,28,29,30,31,32,33)/p+1/b18-12-/t14?,16?,17?,19-,21?/m0/s1. The van der Waals surface area contributed by atoms with Crippen LogP contribution in [0.15, 0.2) is 42.3 Å². The molecule has 4 amide bonds. The van der Waals surface area contributed by atoms with Crippen LogP contribution >= 0.6 is 11.8 Å². The predicted molar refractivity (Wildman–Crippen MR) is 129 cm³/mol. The summed E-state index contributed by atoms with van der Waals surface area (Å²) in [6.07, 6.45) is 3.87. The molecule has 10 nitrogen and oxygen atoms in total. The molecule has 5 N–H and O–H groups in total. The van der Waals surface area contributed by atoms with Crippen molar-refractivity contribution in [2.75, 3.05) is 5.75 Å². The van der Waals surface area contributed by atoms with Gasteiger partial charge in [-0.05, 0) is 25.3 Å². The maximum Gasteiger partial charge on any atom is 0.389 e. The van der Waals surface area contributed by atoms with Crippen LogP contribution in [0, 0.1) is 5.39 Å². The third kappa shape index (κ3) is 7.12. The Labute approximate surface area is 202 Å². The first-order valence-electron chi connectivity index (χ1n) is 11.4. The van der Waals surface area contributed by atoms with Crippen LogP contribution < -0.4 is 21.3 Å². The number of amides is 4. The zero-order valence-electron chi connectivity index (χ0n) is 19.1. The van der Waals surface area contributed by atoms with Crippen molar-refractivity contribution in [1.29, 1.82) is 5.39 Å². The second kappa shape index (κ2) is 12.3. The van der Waals surface area contributed by atoms with Gasteiger partial charge in [0.15, 0.2) is 4.98 Å². The average molecular weight is 488 g/mol. The van der Waals surface area contributed by atoms with Crippen LogP contribution in [0.5, 0.6) is 0 Å². The molecule has 2 saturated heterocycles. The highest BCUT2D eigenvalue weighted by molar-refractivity contribution is 8.00. The monoisotopic (exact) mass is 487 g/mol. The van der Waals surface area contributed by atoms with Crippen LogP contribution in [-0.2, 0) is 16.0 Å². The Balaban J connectivity index is 1.49. The molecular formula is C23H31N6O4S+. The van der Waals surface area contributed by atoms with Crippen LogP contribution in [0.4, 0.5) is 4.79 Å². The van der Waals surface area contributed by atoms with Crippen molar-refractivity contribution >= 4 is 29.6 Å². The zero-order valence-corrected chi connectivity index (χ0v) is 19.9. The topological polar surface area (TPSA) is 148 Å². The Bertz CT molecular complexity index is 951. The molecule has 2 aliphatic heterocycles. The number of aliphatic hydroxyl groups excluding tert-OH is 1. The molecule has 2 fully saturated rings. The Kier molecular flexibility index (Phi) is 9.16. The Morgan fingerprint density at radius 2 is 2.03 bits per heavy atom. The molecule has 1 aromatic carbocycles. The largest absolute Gasteiger partial charge is 0.504 e. The third-order valence-corrected chi connectivity index (χ3v) is 7.52. The lowest BCUT2D eigenvalue weighted by atomic mass is 10.0. The molecule has 3 rings (SSSR count). The first-order chi connectivity index (χ1) is 16.4. The summed E-state index contributed by atoms with van der Waals surface area (Å²) >= 11 is 1.84. The van der Waals surface area contributed by atoms with Crippen LogP contribution in [0.1, 0.15) is 38.2 Å². The number of carbonyl (C=O) groups excluding carboxylic acids is 3. The Hall–Kier alpha value is -3.26. The van der Waals surface area contributed by atoms with Gasteiger partial charge in [-0.15, -0.1) is 0 Å². The maximum absolute atomic E-state index is 12.8. The summed E-state index contributed by atoms with van der Waals surface area (Å²) in [7, 11) is 0. The minimum atomic E-state index is -0.817. The van der Waals surface area contributed by atoms with E-state index in [0.717, 1.165) is 30.4 Å². The van der Waals surface area contributed by atoms with E-state index in [9.17, 15) is 19.5 Å². The molecule has 182 valence electrons. The van der Waals surface area contributed by atoms with Gasteiger partial charge in [-0.25, -0.2) is 4.79 Å². The molecule has 0 aromatic heterocycles. The molecule has 11 heteroatoms. The maximum atomic E-state index is 12.8. The lowest BCUT2D eigenvalue weighted by molar-refractivity contribution is -0.129. The fraction of sp³-hybridized carbons (Fsp3) is 0.522. The summed E-state index contributed by atoms with van der Waals surface area (Å²) in [4.78, 5) is 39.7. The number of benzene rings is 1. The molecule has 0 spiro atoms. The fourth-order valence-electron chi connectivity index (χ4n) is 4.16. The minimum Gasteiger partial charge on any atom is -0.504 e. The van der Waals surface area contributed by atoms with E-state index in [1.54, 1.807) is 6.92 Å². The van der Waals surface area contributed by atoms with Gasteiger partial charge >= 0.3 is 12.2 Å². The third-order valence-electron chi connectivity index (χ3n) is 6.01. The number of nitrogens with one attached hydrogen (secondary N) is 4. The first-order valence-corrected chi connectivity index (χ1v) is 12.5. The van der Waals surface area contributed by atoms with Crippen LogP contribution in [0.2, 0.25) is 0 Å². The number of hydrogen-bond donors (Lipinski definition) is 5. The molecule has 5 atom stereocenters. The number of diazo groups is 1. The summed E-state index contributed by atoms with van der Waals surface area (Å²) < 4.78 is 0. The fourth-order valence-corrected chi connectivity index (χ4v) is 5.70. The minimum absolute atomic E-state index is 0.105. The Morgan fingerprint density at radius 1 is 1.26 bits per heavy atom. The van der Waals surface area contributed by atoms with E-state index < -0.39 is 18.0 Å². The van der Waals surface area contributed by atoms with Crippen LogP contribution in [0.25, 0.3) is 4.98 Å². The van der Waals surface area contributed by atoms with E-state index in [1.165, 1.54) is 0 Å². The molecule has 1 aromatic rings. The van der Waals surface area contributed by atoms with Crippen LogP contribution in [0.3, 0.4) is 0 Å². The quantitative estimate of drug-likeness (QED) is 0.140.